The highest BCUT2D eigenvalue weighted by atomic mass is 35.5. The summed E-state index contributed by atoms with van der Waals surface area (Å²) >= 11 is 6.06. The molecule has 0 unspecified atom stereocenters. The van der Waals surface area contributed by atoms with Crippen molar-refractivity contribution < 1.29 is 17.9 Å². The molecule has 1 amide bonds. The minimum Gasteiger partial charge on any atom is -0.497 e. The predicted molar refractivity (Wildman–Crippen MR) is 102 cm³/mol. The van der Waals surface area contributed by atoms with Gasteiger partial charge in [0.25, 0.3) is 0 Å². The zero-order valence-corrected chi connectivity index (χ0v) is 15.7. The van der Waals surface area contributed by atoms with Crippen LogP contribution in [0.4, 0.5) is 5.69 Å². The van der Waals surface area contributed by atoms with Gasteiger partial charge in [-0.05, 0) is 42.0 Å². The van der Waals surface area contributed by atoms with E-state index < -0.39 is 15.9 Å². The fourth-order valence-corrected chi connectivity index (χ4v) is 4.32. The summed E-state index contributed by atoms with van der Waals surface area (Å²) in [6, 6.07) is 13.5. The zero-order valence-electron chi connectivity index (χ0n) is 14.1. The molecular weight excluding hydrogens is 374 g/mol. The summed E-state index contributed by atoms with van der Waals surface area (Å²) in [7, 11) is -1.72. The molecule has 0 fully saturated rings. The van der Waals surface area contributed by atoms with Crippen molar-refractivity contribution in [2.75, 3.05) is 17.8 Å². The highest BCUT2D eigenvalue weighted by molar-refractivity contribution is 7.94. The lowest BCUT2D eigenvalue weighted by molar-refractivity contribution is -0.118. The van der Waals surface area contributed by atoms with E-state index in [1.54, 1.807) is 49.6 Å². The molecule has 0 aliphatic carbocycles. The molecular formula is C19H18ClNO4S. The Morgan fingerprint density at radius 1 is 1.23 bits per heavy atom. The number of carbonyl (C=O) groups excluding carboxylic acids is 1. The van der Waals surface area contributed by atoms with Crippen LogP contribution in [0.15, 0.2) is 60.0 Å². The van der Waals surface area contributed by atoms with E-state index in [1.165, 1.54) is 4.90 Å². The van der Waals surface area contributed by atoms with Crippen molar-refractivity contribution in [2.24, 2.45) is 0 Å². The lowest BCUT2D eigenvalue weighted by Gasteiger charge is -2.28. The molecule has 7 heteroatoms. The van der Waals surface area contributed by atoms with E-state index >= 15 is 0 Å². The molecule has 1 aliphatic rings. The zero-order chi connectivity index (χ0) is 18.7. The normalized spacial score (nSPS) is 17.8. The minimum atomic E-state index is -3.30. The molecule has 1 atom stereocenters. The first-order valence-electron chi connectivity index (χ1n) is 7.99. The number of carbonyl (C=O) groups is 1. The molecule has 0 N–H and O–H groups in total. The molecule has 0 aromatic heterocycles. The summed E-state index contributed by atoms with van der Waals surface area (Å²) in [6.07, 6.45) is 1.68. The van der Waals surface area contributed by atoms with Gasteiger partial charge < -0.3 is 9.64 Å². The van der Waals surface area contributed by atoms with Gasteiger partial charge in [0.15, 0.2) is 9.84 Å². The van der Waals surface area contributed by atoms with Gasteiger partial charge in [-0.25, -0.2) is 8.42 Å². The monoisotopic (exact) mass is 391 g/mol. The second-order valence-corrected chi connectivity index (χ2v) is 8.36. The summed E-state index contributed by atoms with van der Waals surface area (Å²) in [4.78, 5) is 14.5. The summed E-state index contributed by atoms with van der Waals surface area (Å²) in [6.45, 7) is 0. The Bertz CT molecular complexity index is 938. The maximum absolute atomic E-state index is 13.0. The first kappa shape index (κ1) is 18.5. The van der Waals surface area contributed by atoms with Crippen molar-refractivity contribution in [2.45, 2.75) is 12.5 Å². The van der Waals surface area contributed by atoms with E-state index in [-0.39, 0.29) is 18.1 Å². The fourth-order valence-electron chi connectivity index (χ4n) is 2.87. The molecule has 2 aromatic rings. The Morgan fingerprint density at radius 2 is 1.96 bits per heavy atom. The second-order valence-electron chi connectivity index (χ2n) is 5.99. The predicted octanol–water partition coefficient (Wildman–Crippen LogP) is 3.24. The van der Waals surface area contributed by atoms with Crippen molar-refractivity contribution >= 4 is 33.0 Å². The van der Waals surface area contributed by atoms with Crippen LogP contribution in [-0.2, 0) is 21.1 Å². The number of amides is 1. The third-order valence-electron chi connectivity index (χ3n) is 4.11. The number of methoxy groups -OCH3 is 1. The number of anilines is 1. The first-order valence-corrected chi connectivity index (χ1v) is 10.1. The smallest absolute Gasteiger partial charge is 0.231 e. The highest BCUT2D eigenvalue weighted by Gasteiger charge is 2.31. The van der Waals surface area contributed by atoms with Gasteiger partial charge >= 0.3 is 0 Å². The van der Waals surface area contributed by atoms with Crippen LogP contribution in [0, 0.1) is 0 Å². The third kappa shape index (κ3) is 4.26. The molecule has 0 spiro atoms. The molecule has 0 saturated carbocycles. The molecule has 0 radical (unpaired) electrons. The Hall–Kier alpha value is -2.31. The van der Waals surface area contributed by atoms with E-state index in [2.05, 4.69) is 0 Å². The molecule has 26 heavy (non-hydrogen) atoms. The van der Waals surface area contributed by atoms with E-state index in [0.29, 0.717) is 16.5 Å². The number of benzene rings is 2. The lowest BCUT2D eigenvalue weighted by atomic mass is 10.1. The van der Waals surface area contributed by atoms with Gasteiger partial charge in [0, 0.05) is 16.1 Å². The van der Waals surface area contributed by atoms with Gasteiger partial charge in [-0.2, -0.15) is 0 Å². The highest BCUT2D eigenvalue weighted by Crippen LogP contribution is 2.26. The molecule has 2 aromatic carbocycles. The Kier molecular flexibility index (Phi) is 5.34. The standard InChI is InChI=1S/C19H18ClNO4S/c1-25-18-7-5-14(6-8-18)11-19(22)21(16-4-2-3-15(20)12-16)17-9-10-26(23,24)13-17/h2-10,12,17H,11,13H2,1H3/t17-/m1/s1. The fraction of sp³-hybridized carbons (Fsp3) is 0.211. The molecule has 1 aliphatic heterocycles. The third-order valence-corrected chi connectivity index (χ3v) is 5.73. The van der Waals surface area contributed by atoms with Crippen LogP contribution in [0.2, 0.25) is 5.02 Å². The van der Waals surface area contributed by atoms with E-state index in [9.17, 15) is 13.2 Å². The van der Waals surface area contributed by atoms with Crippen molar-refractivity contribution in [3.05, 3.63) is 70.6 Å². The van der Waals surface area contributed by atoms with Gasteiger partial charge in [0.05, 0.1) is 25.3 Å². The Balaban J connectivity index is 1.89. The van der Waals surface area contributed by atoms with Crippen molar-refractivity contribution in [3.8, 4) is 5.75 Å². The maximum Gasteiger partial charge on any atom is 0.231 e. The van der Waals surface area contributed by atoms with E-state index in [0.717, 1.165) is 11.0 Å². The quantitative estimate of drug-likeness (QED) is 0.784. The van der Waals surface area contributed by atoms with Gasteiger partial charge in [-0.15, -0.1) is 0 Å². The van der Waals surface area contributed by atoms with Crippen molar-refractivity contribution in [1.82, 2.24) is 0 Å². The maximum atomic E-state index is 13.0. The number of hydrogen-bond donors (Lipinski definition) is 0. The molecule has 3 rings (SSSR count). The number of rotatable bonds is 5. The summed E-state index contributed by atoms with van der Waals surface area (Å²) < 4.78 is 28.8. The number of halogens is 1. The molecule has 0 saturated heterocycles. The van der Waals surface area contributed by atoms with Gasteiger partial charge in [-0.3, -0.25) is 4.79 Å². The molecule has 5 nitrogen and oxygen atoms in total. The summed E-state index contributed by atoms with van der Waals surface area (Å²) in [5, 5.41) is 1.64. The molecule has 1 heterocycles. The average Bonchev–Trinajstić information content (AvgIpc) is 2.95. The average molecular weight is 392 g/mol. The Morgan fingerprint density at radius 3 is 2.54 bits per heavy atom. The van der Waals surface area contributed by atoms with E-state index in [1.807, 2.05) is 12.1 Å². The minimum absolute atomic E-state index is 0.131. The van der Waals surface area contributed by atoms with Gasteiger partial charge in [-0.1, -0.05) is 29.8 Å². The van der Waals surface area contributed by atoms with Crippen molar-refractivity contribution in [1.29, 1.82) is 0 Å². The van der Waals surface area contributed by atoms with Crippen LogP contribution in [0.25, 0.3) is 0 Å². The first-order chi connectivity index (χ1) is 12.4. The Labute approximate surface area is 157 Å². The van der Waals surface area contributed by atoms with Crippen molar-refractivity contribution in [3.63, 3.8) is 0 Å². The van der Waals surface area contributed by atoms with E-state index in [4.69, 9.17) is 16.3 Å². The number of ether oxygens (including phenoxy) is 1. The number of nitrogens with zero attached hydrogens (tertiary/aromatic N) is 1. The van der Waals surface area contributed by atoms with Crippen LogP contribution in [0.5, 0.6) is 5.75 Å². The number of hydrogen-bond acceptors (Lipinski definition) is 4. The number of sulfone groups is 1. The molecule has 136 valence electrons. The van der Waals surface area contributed by atoms with Gasteiger partial charge in [0.1, 0.15) is 5.75 Å². The van der Waals surface area contributed by atoms with Crippen LogP contribution >= 0.6 is 11.6 Å². The van der Waals surface area contributed by atoms with Crippen LogP contribution < -0.4 is 9.64 Å². The largest absolute Gasteiger partial charge is 0.497 e. The summed E-state index contributed by atoms with van der Waals surface area (Å²) in [5.41, 5.74) is 1.38. The topological polar surface area (TPSA) is 63.7 Å². The lowest BCUT2D eigenvalue weighted by Crippen LogP contribution is -2.42. The summed E-state index contributed by atoms with van der Waals surface area (Å²) in [5.74, 6) is 0.371. The van der Waals surface area contributed by atoms with Crippen LogP contribution in [0.3, 0.4) is 0 Å². The van der Waals surface area contributed by atoms with Crippen LogP contribution in [-0.4, -0.2) is 33.2 Å². The van der Waals surface area contributed by atoms with Gasteiger partial charge in [0.2, 0.25) is 5.91 Å². The SMILES string of the molecule is COc1ccc(CC(=O)N(c2cccc(Cl)c2)[C@@H]2C=CS(=O)(=O)C2)cc1. The molecule has 0 bridgehead atoms. The second kappa shape index (κ2) is 7.51. The van der Waals surface area contributed by atoms with Crippen LogP contribution in [0.1, 0.15) is 5.56 Å².